The fourth-order valence-corrected chi connectivity index (χ4v) is 3.58. The van der Waals surface area contributed by atoms with E-state index in [1.54, 1.807) is 0 Å². The summed E-state index contributed by atoms with van der Waals surface area (Å²) in [4.78, 5) is 29.6. The third-order valence-corrected chi connectivity index (χ3v) is 5.33. The zero-order chi connectivity index (χ0) is 26.7. The number of hydrogen-bond donors (Lipinski definition) is 2. The number of ether oxygens (including phenoxy) is 1. The number of methoxy groups -OCH3 is 1. The second-order valence-electron chi connectivity index (χ2n) is 7.71. The van der Waals surface area contributed by atoms with Crippen LogP contribution in [-0.2, 0) is 7.05 Å². The van der Waals surface area contributed by atoms with Gasteiger partial charge in [-0.05, 0) is 41.1 Å². The lowest BCUT2D eigenvalue weighted by Crippen LogP contribution is -2.40. The molecule has 15 heteroatoms. The van der Waals surface area contributed by atoms with Crippen molar-refractivity contribution in [2.75, 3.05) is 13.7 Å². The number of carbonyl (C=O) groups is 2. The minimum atomic E-state index is -0.883. The first-order chi connectivity index (χ1) is 17.7. The topological polar surface area (TPSA) is 150 Å². The first-order valence-corrected chi connectivity index (χ1v) is 11.0. The van der Waals surface area contributed by atoms with E-state index in [0.717, 1.165) is 16.9 Å². The van der Waals surface area contributed by atoms with Crippen LogP contribution in [0.1, 0.15) is 29.2 Å². The molecule has 0 saturated carbocycles. The number of aryl methyl sites for hydroxylation is 1. The summed E-state index contributed by atoms with van der Waals surface area (Å²) in [6.07, 6.45) is 1.31. The molecule has 0 spiro atoms. The summed E-state index contributed by atoms with van der Waals surface area (Å²) >= 11 is 6.03. The SMILES string of the molecule is COc1cc(C(=O)CNC(=O)NC(C)c2ncc(-c3cc(Cl)cc(F)c3-c3nnn(C)n3)cc2F)on1. The molecule has 192 valence electrons. The molecule has 2 amide bonds. The number of amides is 2. The standard InChI is InChI=1S/C22H19ClF2N8O4/c1-10(28-22(35)27-9-16(34)17-7-18(36-3)31-37-17)20-15(25)4-11(8-26-20)13-5-12(23)6-14(24)19(13)21-29-32-33(2)30-21/h4-8,10H,9H2,1-3H3,(H2,27,28,35). The fraction of sp³-hybridized carbons (Fsp3) is 0.227. The number of nitrogens with one attached hydrogen (secondary N) is 2. The van der Waals surface area contributed by atoms with Gasteiger partial charge in [0.25, 0.3) is 5.88 Å². The summed E-state index contributed by atoms with van der Waals surface area (Å²) in [5.74, 6) is -2.02. The molecular weight excluding hydrogens is 514 g/mol. The van der Waals surface area contributed by atoms with Crippen molar-refractivity contribution in [2.45, 2.75) is 13.0 Å². The Morgan fingerprint density at radius 3 is 2.65 bits per heavy atom. The van der Waals surface area contributed by atoms with E-state index in [4.69, 9.17) is 20.9 Å². The van der Waals surface area contributed by atoms with Crippen molar-refractivity contribution in [2.24, 2.45) is 7.05 Å². The Morgan fingerprint density at radius 1 is 1.22 bits per heavy atom. The first kappa shape index (κ1) is 25.6. The van der Waals surface area contributed by atoms with Gasteiger partial charge in [0, 0.05) is 16.8 Å². The number of ketones is 1. The maximum absolute atomic E-state index is 15.1. The number of nitrogens with zero attached hydrogens (tertiary/aromatic N) is 6. The number of halogens is 3. The number of rotatable bonds is 8. The average Bonchev–Trinajstić information content (AvgIpc) is 3.51. The summed E-state index contributed by atoms with van der Waals surface area (Å²) in [5, 5.41) is 20.0. The second kappa shape index (κ2) is 10.7. The predicted molar refractivity (Wildman–Crippen MR) is 125 cm³/mol. The molecule has 0 aliphatic carbocycles. The van der Waals surface area contributed by atoms with E-state index < -0.39 is 36.0 Å². The van der Waals surface area contributed by atoms with Crippen molar-refractivity contribution in [1.82, 2.24) is 41.0 Å². The van der Waals surface area contributed by atoms with Crippen LogP contribution in [-0.4, -0.2) is 55.8 Å². The molecule has 1 unspecified atom stereocenters. The molecule has 0 aliphatic rings. The van der Waals surface area contributed by atoms with Crippen LogP contribution in [0.3, 0.4) is 0 Å². The third-order valence-electron chi connectivity index (χ3n) is 5.11. The molecule has 1 atom stereocenters. The number of tetrazole rings is 1. The van der Waals surface area contributed by atoms with Crippen molar-refractivity contribution in [1.29, 1.82) is 0 Å². The van der Waals surface area contributed by atoms with E-state index in [-0.39, 0.29) is 44.9 Å². The molecule has 3 aromatic heterocycles. The van der Waals surface area contributed by atoms with Crippen LogP contribution in [0, 0.1) is 11.6 Å². The summed E-state index contributed by atoms with van der Waals surface area (Å²) in [5.41, 5.74) is 0.296. The van der Waals surface area contributed by atoms with Gasteiger partial charge in [-0.15, -0.1) is 10.2 Å². The van der Waals surface area contributed by atoms with Crippen LogP contribution in [0.2, 0.25) is 5.02 Å². The van der Waals surface area contributed by atoms with E-state index >= 15 is 4.39 Å². The molecule has 12 nitrogen and oxygen atoms in total. The highest BCUT2D eigenvalue weighted by Crippen LogP contribution is 2.35. The highest BCUT2D eigenvalue weighted by molar-refractivity contribution is 6.31. The lowest BCUT2D eigenvalue weighted by Gasteiger charge is -2.16. The maximum Gasteiger partial charge on any atom is 0.315 e. The Bertz CT molecular complexity index is 1470. The van der Waals surface area contributed by atoms with Gasteiger partial charge in [-0.1, -0.05) is 11.6 Å². The number of pyridine rings is 1. The summed E-state index contributed by atoms with van der Waals surface area (Å²) in [6.45, 7) is 1.10. The molecule has 1 aromatic carbocycles. The van der Waals surface area contributed by atoms with E-state index in [2.05, 4.69) is 36.2 Å². The number of urea groups is 1. The van der Waals surface area contributed by atoms with Crippen LogP contribution in [0.5, 0.6) is 5.88 Å². The highest BCUT2D eigenvalue weighted by atomic mass is 35.5. The number of benzene rings is 1. The molecule has 3 heterocycles. The van der Waals surface area contributed by atoms with Gasteiger partial charge in [-0.25, -0.2) is 13.6 Å². The molecule has 0 saturated heterocycles. The van der Waals surface area contributed by atoms with Gasteiger partial charge in [0.2, 0.25) is 17.4 Å². The van der Waals surface area contributed by atoms with Crippen molar-refractivity contribution >= 4 is 23.4 Å². The fourth-order valence-electron chi connectivity index (χ4n) is 3.38. The van der Waals surface area contributed by atoms with Crippen LogP contribution in [0.15, 0.2) is 35.0 Å². The van der Waals surface area contributed by atoms with Crippen LogP contribution >= 0.6 is 11.6 Å². The Morgan fingerprint density at radius 2 is 2.00 bits per heavy atom. The van der Waals surface area contributed by atoms with E-state index in [0.29, 0.717) is 0 Å². The van der Waals surface area contributed by atoms with Crippen molar-refractivity contribution in [3.63, 3.8) is 0 Å². The van der Waals surface area contributed by atoms with Crippen molar-refractivity contribution in [3.05, 3.63) is 58.6 Å². The molecule has 0 radical (unpaired) electrons. The highest BCUT2D eigenvalue weighted by Gasteiger charge is 2.22. The lowest BCUT2D eigenvalue weighted by molar-refractivity contribution is 0.0956. The minimum Gasteiger partial charge on any atom is -0.479 e. The van der Waals surface area contributed by atoms with Gasteiger partial charge in [-0.3, -0.25) is 9.78 Å². The Hall–Kier alpha value is -4.46. The van der Waals surface area contributed by atoms with Crippen molar-refractivity contribution in [3.8, 4) is 28.4 Å². The number of Topliss-reactive ketones (excluding diaryl/α,β-unsaturated/α-hetero) is 1. The summed E-state index contributed by atoms with van der Waals surface area (Å²) in [7, 11) is 2.88. The smallest absolute Gasteiger partial charge is 0.315 e. The van der Waals surface area contributed by atoms with Gasteiger partial charge in [0.05, 0.1) is 44.1 Å². The minimum absolute atomic E-state index is 0.0128. The number of hydrogen-bond acceptors (Lipinski definition) is 9. The van der Waals surface area contributed by atoms with Gasteiger partial charge in [0.15, 0.2) is 0 Å². The van der Waals surface area contributed by atoms with E-state index in [1.807, 2.05) is 0 Å². The number of aromatic nitrogens is 6. The Kier molecular flexibility index (Phi) is 7.38. The summed E-state index contributed by atoms with van der Waals surface area (Å²) < 4.78 is 39.5. The monoisotopic (exact) mass is 532 g/mol. The normalized spacial score (nSPS) is 11.7. The lowest BCUT2D eigenvalue weighted by atomic mass is 9.99. The Balaban J connectivity index is 1.48. The van der Waals surface area contributed by atoms with Gasteiger partial charge < -0.3 is 19.9 Å². The third kappa shape index (κ3) is 5.69. The molecule has 0 aliphatic heterocycles. The van der Waals surface area contributed by atoms with E-state index in [9.17, 15) is 14.0 Å². The first-order valence-electron chi connectivity index (χ1n) is 10.6. The number of carbonyl (C=O) groups excluding carboxylic acids is 2. The molecule has 4 rings (SSSR count). The quantitative estimate of drug-likeness (QED) is 0.326. The largest absolute Gasteiger partial charge is 0.479 e. The van der Waals surface area contributed by atoms with Crippen LogP contribution < -0.4 is 15.4 Å². The average molecular weight is 533 g/mol. The molecular formula is C22H19ClF2N8O4. The zero-order valence-electron chi connectivity index (χ0n) is 19.6. The van der Waals surface area contributed by atoms with Gasteiger partial charge in [0.1, 0.15) is 11.6 Å². The predicted octanol–water partition coefficient (Wildman–Crippen LogP) is 3.11. The molecule has 4 aromatic rings. The maximum atomic E-state index is 15.1. The molecule has 0 fully saturated rings. The Labute approximate surface area is 212 Å². The molecule has 37 heavy (non-hydrogen) atoms. The van der Waals surface area contributed by atoms with Gasteiger partial charge >= 0.3 is 6.03 Å². The molecule has 2 N–H and O–H groups in total. The van der Waals surface area contributed by atoms with Crippen LogP contribution in [0.4, 0.5) is 13.6 Å². The van der Waals surface area contributed by atoms with E-state index in [1.165, 1.54) is 39.4 Å². The zero-order valence-corrected chi connectivity index (χ0v) is 20.4. The van der Waals surface area contributed by atoms with Crippen LogP contribution in [0.25, 0.3) is 22.5 Å². The second-order valence-corrected chi connectivity index (χ2v) is 8.15. The van der Waals surface area contributed by atoms with Crippen molar-refractivity contribution < 1.29 is 27.6 Å². The van der Waals surface area contributed by atoms with Gasteiger partial charge in [-0.2, -0.15) is 4.80 Å². The molecule has 0 bridgehead atoms. The summed E-state index contributed by atoms with van der Waals surface area (Å²) in [6, 6.07) is 3.30.